The van der Waals surface area contributed by atoms with Crippen LogP contribution >= 0.6 is 0 Å². The Bertz CT molecular complexity index is 984. The number of carbonyl (C=O) groups excluding carboxylic acids is 1. The highest BCUT2D eigenvalue weighted by Gasteiger charge is 2.48. The summed E-state index contributed by atoms with van der Waals surface area (Å²) < 4.78 is 7.84. The molecule has 3 atom stereocenters. The van der Waals surface area contributed by atoms with Crippen molar-refractivity contribution in [2.45, 2.75) is 37.9 Å². The highest BCUT2D eigenvalue weighted by Crippen LogP contribution is 2.45. The summed E-state index contributed by atoms with van der Waals surface area (Å²) in [5, 5.41) is 21.5. The SMILES string of the molecule is COC(=O)c1c(C2=NNC3C4CCCCC4n4cncc4N23)nnn1C#N. The smallest absolute Gasteiger partial charge is 0.360 e. The van der Waals surface area contributed by atoms with Gasteiger partial charge in [0.25, 0.3) is 0 Å². The van der Waals surface area contributed by atoms with E-state index in [2.05, 4.69) is 30.4 Å². The van der Waals surface area contributed by atoms with Crippen LogP contribution in [0.1, 0.15) is 47.9 Å². The number of aromatic nitrogens is 5. The molecule has 3 unspecified atom stereocenters. The molecule has 2 aromatic heterocycles. The topological polar surface area (TPSA) is 126 Å². The normalized spacial score (nSPS) is 25.6. The average Bonchev–Trinajstić information content (AvgIpc) is 3.43. The van der Waals surface area contributed by atoms with Gasteiger partial charge in [-0.2, -0.15) is 10.4 Å². The van der Waals surface area contributed by atoms with E-state index in [9.17, 15) is 10.1 Å². The molecule has 4 heterocycles. The molecule has 2 aliphatic heterocycles. The van der Waals surface area contributed by atoms with Crippen molar-refractivity contribution in [3.63, 3.8) is 0 Å². The molecule has 0 amide bonds. The second-order valence-electron chi connectivity index (χ2n) is 6.84. The molecule has 1 N–H and O–H groups in total. The molecule has 3 aliphatic rings. The van der Waals surface area contributed by atoms with Gasteiger partial charge in [0.1, 0.15) is 12.0 Å². The van der Waals surface area contributed by atoms with Gasteiger partial charge < -0.3 is 9.30 Å². The van der Waals surface area contributed by atoms with Crippen LogP contribution in [-0.2, 0) is 4.74 Å². The maximum atomic E-state index is 12.2. The van der Waals surface area contributed by atoms with Crippen molar-refractivity contribution < 1.29 is 9.53 Å². The number of hydrazone groups is 1. The van der Waals surface area contributed by atoms with E-state index in [1.165, 1.54) is 20.0 Å². The van der Waals surface area contributed by atoms with Crippen LogP contribution in [0.4, 0.5) is 5.82 Å². The van der Waals surface area contributed by atoms with E-state index >= 15 is 0 Å². The molecular weight excluding hydrogens is 350 g/mol. The van der Waals surface area contributed by atoms with Crippen molar-refractivity contribution in [3.8, 4) is 6.19 Å². The molecule has 27 heavy (non-hydrogen) atoms. The average molecular weight is 367 g/mol. The zero-order valence-electron chi connectivity index (χ0n) is 14.6. The number of hydrogen-bond donors (Lipinski definition) is 1. The molecule has 1 saturated carbocycles. The van der Waals surface area contributed by atoms with Gasteiger partial charge in [-0.25, -0.2) is 9.78 Å². The summed E-state index contributed by atoms with van der Waals surface area (Å²) in [6, 6.07) is 0.370. The van der Waals surface area contributed by atoms with Crippen LogP contribution in [0.15, 0.2) is 17.6 Å². The number of nitriles is 1. The lowest BCUT2D eigenvalue weighted by molar-refractivity contribution is 0.0590. The number of methoxy groups -OCH3 is 1. The molecule has 0 spiro atoms. The van der Waals surface area contributed by atoms with Gasteiger partial charge in [0.05, 0.1) is 19.6 Å². The molecule has 11 nitrogen and oxygen atoms in total. The van der Waals surface area contributed by atoms with Crippen molar-refractivity contribution in [2.24, 2.45) is 11.0 Å². The number of hydrogen-bond acceptors (Lipinski definition) is 9. The fourth-order valence-corrected chi connectivity index (χ4v) is 4.45. The van der Waals surface area contributed by atoms with Crippen LogP contribution in [0.5, 0.6) is 0 Å². The Morgan fingerprint density at radius 3 is 3.07 bits per heavy atom. The Kier molecular flexibility index (Phi) is 3.40. The lowest BCUT2D eigenvalue weighted by Gasteiger charge is -2.45. The van der Waals surface area contributed by atoms with E-state index in [0.717, 1.165) is 23.3 Å². The highest BCUT2D eigenvalue weighted by atomic mass is 16.5. The molecule has 0 saturated heterocycles. The van der Waals surface area contributed by atoms with Gasteiger partial charge >= 0.3 is 5.97 Å². The Balaban J connectivity index is 1.63. The van der Waals surface area contributed by atoms with E-state index in [0.29, 0.717) is 17.8 Å². The van der Waals surface area contributed by atoms with Gasteiger partial charge in [-0.15, -0.1) is 9.78 Å². The Morgan fingerprint density at radius 2 is 2.26 bits per heavy atom. The van der Waals surface area contributed by atoms with Crippen molar-refractivity contribution in [1.82, 2.24) is 30.0 Å². The van der Waals surface area contributed by atoms with E-state index in [-0.39, 0.29) is 17.6 Å². The molecule has 0 bridgehead atoms. The zero-order valence-corrected chi connectivity index (χ0v) is 14.6. The largest absolute Gasteiger partial charge is 0.464 e. The lowest BCUT2D eigenvalue weighted by atomic mass is 9.80. The minimum atomic E-state index is -0.691. The van der Waals surface area contributed by atoms with Gasteiger partial charge in [0.15, 0.2) is 17.2 Å². The van der Waals surface area contributed by atoms with Gasteiger partial charge in [0.2, 0.25) is 6.19 Å². The standard InChI is InChI=1S/C16H17N9O2/c1-27-16(26)13-12(19-22-24(13)7-17)15-21-20-14-9-4-2-3-5-10(9)23-8-18-6-11(23)25(14)15/h6,8-10,14,20H,2-5H2,1H3. The number of imidazole rings is 1. The third-order valence-electron chi connectivity index (χ3n) is 5.60. The summed E-state index contributed by atoms with van der Waals surface area (Å²) in [4.78, 5) is 18.6. The third kappa shape index (κ3) is 2.09. The van der Waals surface area contributed by atoms with Crippen molar-refractivity contribution in [1.29, 1.82) is 5.26 Å². The molecule has 0 aromatic carbocycles. The Labute approximate surface area is 154 Å². The monoisotopic (exact) mass is 367 g/mol. The van der Waals surface area contributed by atoms with Gasteiger partial charge in [-0.1, -0.05) is 18.1 Å². The van der Waals surface area contributed by atoms with Crippen LogP contribution in [0.3, 0.4) is 0 Å². The lowest BCUT2D eigenvalue weighted by Crippen LogP contribution is -2.53. The molecule has 0 radical (unpaired) electrons. The maximum Gasteiger partial charge on any atom is 0.360 e. The first-order chi connectivity index (χ1) is 13.2. The molecule has 5 rings (SSSR count). The maximum absolute atomic E-state index is 12.2. The number of ether oxygens (including phenoxy) is 1. The van der Waals surface area contributed by atoms with Crippen LogP contribution in [-0.4, -0.2) is 49.6 Å². The van der Waals surface area contributed by atoms with E-state index < -0.39 is 5.97 Å². The molecule has 1 fully saturated rings. The van der Waals surface area contributed by atoms with Crippen LogP contribution in [0, 0.1) is 17.4 Å². The summed E-state index contributed by atoms with van der Waals surface area (Å²) in [6.45, 7) is 0. The van der Waals surface area contributed by atoms with E-state index in [4.69, 9.17) is 4.74 Å². The fourth-order valence-electron chi connectivity index (χ4n) is 4.45. The van der Waals surface area contributed by atoms with Gasteiger partial charge in [-0.05, 0) is 12.8 Å². The first-order valence-corrected chi connectivity index (χ1v) is 8.83. The first kappa shape index (κ1) is 15.8. The van der Waals surface area contributed by atoms with E-state index in [1.807, 2.05) is 17.4 Å². The molecule has 1 aliphatic carbocycles. The predicted octanol–water partition coefficient (Wildman–Crippen LogP) is 0.433. The quantitative estimate of drug-likeness (QED) is 0.757. The number of amidine groups is 1. The van der Waals surface area contributed by atoms with Crippen LogP contribution < -0.4 is 10.3 Å². The van der Waals surface area contributed by atoms with Crippen molar-refractivity contribution in [3.05, 3.63) is 23.9 Å². The van der Waals surface area contributed by atoms with Crippen molar-refractivity contribution >= 4 is 17.6 Å². The summed E-state index contributed by atoms with van der Waals surface area (Å²) in [5.41, 5.74) is 3.37. The summed E-state index contributed by atoms with van der Waals surface area (Å²) in [5.74, 6) is 0.986. The Morgan fingerprint density at radius 1 is 1.41 bits per heavy atom. The summed E-state index contributed by atoms with van der Waals surface area (Å²) in [7, 11) is 1.25. The van der Waals surface area contributed by atoms with E-state index in [1.54, 1.807) is 6.20 Å². The third-order valence-corrected chi connectivity index (χ3v) is 5.60. The predicted molar refractivity (Wildman–Crippen MR) is 91.5 cm³/mol. The second kappa shape index (κ2) is 5.80. The van der Waals surface area contributed by atoms with Crippen molar-refractivity contribution in [2.75, 3.05) is 12.0 Å². The Hall–Kier alpha value is -3.42. The van der Waals surface area contributed by atoms with Crippen LogP contribution in [0.2, 0.25) is 0 Å². The molecule has 11 heteroatoms. The number of nitrogens with one attached hydrogen (secondary N) is 1. The minimum Gasteiger partial charge on any atom is -0.464 e. The number of nitrogens with zero attached hydrogens (tertiary/aromatic N) is 8. The molecule has 2 aromatic rings. The first-order valence-electron chi connectivity index (χ1n) is 8.83. The highest BCUT2D eigenvalue weighted by molar-refractivity contribution is 6.14. The second-order valence-corrected chi connectivity index (χ2v) is 6.84. The number of anilines is 1. The minimum absolute atomic E-state index is 0.0435. The number of rotatable bonds is 2. The van der Waals surface area contributed by atoms with Crippen LogP contribution in [0.25, 0.3) is 0 Å². The van der Waals surface area contributed by atoms with Gasteiger partial charge in [-0.3, -0.25) is 10.3 Å². The fraction of sp³-hybridized carbons (Fsp3) is 0.500. The summed E-state index contributed by atoms with van der Waals surface area (Å²) >= 11 is 0. The molecular formula is C16H17N9O2. The number of esters is 1. The molecule has 138 valence electrons. The number of fused-ring (bicyclic) bond motifs is 6. The number of carbonyl (C=O) groups is 1. The summed E-state index contributed by atoms with van der Waals surface area (Å²) in [6.07, 6.45) is 9.95. The van der Waals surface area contributed by atoms with Gasteiger partial charge in [0, 0.05) is 12.0 Å². The zero-order chi connectivity index (χ0) is 18.5.